The molecule has 0 aromatic heterocycles. The quantitative estimate of drug-likeness (QED) is 0.481. The van der Waals surface area contributed by atoms with Crippen molar-refractivity contribution in [3.8, 4) is 11.5 Å². The Hall–Kier alpha value is -2.86. The van der Waals surface area contributed by atoms with Gasteiger partial charge in [-0.05, 0) is 56.0 Å². The molecule has 1 unspecified atom stereocenters. The zero-order chi connectivity index (χ0) is 23.3. The summed E-state index contributed by atoms with van der Waals surface area (Å²) in [6.45, 7) is 7.90. The first kappa shape index (κ1) is 25.4. The van der Waals surface area contributed by atoms with E-state index < -0.39 is 6.04 Å². The number of benzene rings is 2. The highest BCUT2D eigenvalue weighted by atomic mass is 16.5. The van der Waals surface area contributed by atoms with Crippen LogP contribution in [0.1, 0.15) is 44.7 Å². The van der Waals surface area contributed by atoms with E-state index in [4.69, 9.17) is 9.47 Å². The van der Waals surface area contributed by atoms with Gasteiger partial charge in [0.05, 0.1) is 26.3 Å². The number of Topliss-reactive ketones (excluding diaryl/α,β-unsaturated/α-hetero) is 1. The van der Waals surface area contributed by atoms with Crippen molar-refractivity contribution in [1.82, 2.24) is 10.2 Å². The van der Waals surface area contributed by atoms with Crippen molar-refractivity contribution in [1.29, 1.82) is 0 Å². The second-order valence-corrected chi connectivity index (χ2v) is 7.96. The average molecular weight is 441 g/mol. The molecule has 0 aliphatic rings. The van der Waals surface area contributed by atoms with E-state index in [0.29, 0.717) is 25.3 Å². The van der Waals surface area contributed by atoms with E-state index in [1.54, 1.807) is 7.11 Å². The maximum atomic E-state index is 12.8. The van der Waals surface area contributed by atoms with E-state index in [-0.39, 0.29) is 18.2 Å². The fraction of sp³-hybridized carbons (Fsp3) is 0.462. The van der Waals surface area contributed by atoms with Gasteiger partial charge in [0.25, 0.3) is 0 Å². The Morgan fingerprint density at radius 2 is 1.75 bits per heavy atom. The maximum Gasteiger partial charge on any atom is 0.234 e. The lowest BCUT2D eigenvalue weighted by Crippen LogP contribution is -2.46. The number of nitrogens with zero attached hydrogens (tertiary/aromatic N) is 1. The van der Waals surface area contributed by atoms with Crippen molar-refractivity contribution in [2.75, 3.05) is 26.8 Å². The molecule has 0 radical (unpaired) electrons. The molecule has 0 saturated heterocycles. The summed E-state index contributed by atoms with van der Waals surface area (Å²) in [5, 5.41) is 2.92. The largest absolute Gasteiger partial charge is 0.493 e. The van der Waals surface area contributed by atoms with Crippen molar-refractivity contribution in [2.45, 2.75) is 52.6 Å². The van der Waals surface area contributed by atoms with Crippen LogP contribution in [0, 0.1) is 0 Å². The molecule has 0 heterocycles. The van der Waals surface area contributed by atoms with Gasteiger partial charge in [-0.25, -0.2) is 0 Å². The van der Waals surface area contributed by atoms with E-state index in [1.807, 2.05) is 48.5 Å². The van der Waals surface area contributed by atoms with Crippen LogP contribution in [0.15, 0.2) is 48.5 Å². The SMILES string of the molecule is CCCOc1ccc(CN(CCC)CC(=O)NC(Cc2ccccc2)C(C)=O)cc1OC. The predicted octanol–water partition coefficient (Wildman–Crippen LogP) is 4.01. The van der Waals surface area contributed by atoms with Gasteiger partial charge in [0, 0.05) is 6.54 Å². The molecule has 2 aromatic rings. The third kappa shape index (κ3) is 8.35. The molecule has 0 aliphatic heterocycles. The number of nitrogens with one attached hydrogen (secondary N) is 1. The second kappa shape index (κ2) is 13.5. The smallest absolute Gasteiger partial charge is 0.234 e. The Morgan fingerprint density at radius 3 is 2.38 bits per heavy atom. The Labute approximate surface area is 191 Å². The van der Waals surface area contributed by atoms with Gasteiger partial charge in [-0.2, -0.15) is 0 Å². The molecule has 0 fully saturated rings. The van der Waals surface area contributed by atoms with Gasteiger partial charge in [-0.1, -0.05) is 50.2 Å². The van der Waals surface area contributed by atoms with E-state index in [2.05, 4.69) is 24.1 Å². The van der Waals surface area contributed by atoms with Crippen molar-refractivity contribution in [3.63, 3.8) is 0 Å². The molecule has 32 heavy (non-hydrogen) atoms. The fourth-order valence-corrected chi connectivity index (χ4v) is 3.52. The third-order valence-corrected chi connectivity index (χ3v) is 5.11. The summed E-state index contributed by atoms with van der Waals surface area (Å²) in [5.41, 5.74) is 2.07. The zero-order valence-electron chi connectivity index (χ0n) is 19.7. The molecule has 2 aromatic carbocycles. The average Bonchev–Trinajstić information content (AvgIpc) is 2.78. The van der Waals surface area contributed by atoms with Crippen LogP contribution >= 0.6 is 0 Å². The minimum absolute atomic E-state index is 0.0448. The molecule has 174 valence electrons. The molecule has 0 aliphatic carbocycles. The summed E-state index contributed by atoms with van der Waals surface area (Å²) in [7, 11) is 1.63. The number of carbonyl (C=O) groups excluding carboxylic acids is 2. The summed E-state index contributed by atoms with van der Waals surface area (Å²) in [6, 6.07) is 15.1. The van der Waals surface area contributed by atoms with Gasteiger partial charge in [-0.3, -0.25) is 14.5 Å². The van der Waals surface area contributed by atoms with Crippen LogP contribution in [0.2, 0.25) is 0 Å². The fourth-order valence-electron chi connectivity index (χ4n) is 3.52. The number of rotatable bonds is 14. The maximum absolute atomic E-state index is 12.8. The summed E-state index contributed by atoms with van der Waals surface area (Å²) in [6.07, 6.45) is 2.34. The number of hydrogen-bond donors (Lipinski definition) is 1. The van der Waals surface area contributed by atoms with Gasteiger partial charge >= 0.3 is 0 Å². The molecular formula is C26H36N2O4. The number of hydrogen-bond acceptors (Lipinski definition) is 5. The molecular weight excluding hydrogens is 404 g/mol. The van der Waals surface area contributed by atoms with Gasteiger partial charge in [0.2, 0.25) is 5.91 Å². The van der Waals surface area contributed by atoms with Crippen LogP contribution in [0.3, 0.4) is 0 Å². The van der Waals surface area contributed by atoms with Crippen molar-refractivity contribution in [2.24, 2.45) is 0 Å². The van der Waals surface area contributed by atoms with Crippen molar-refractivity contribution < 1.29 is 19.1 Å². The lowest BCUT2D eigenvalue weighted by molar-refractivity contribution is -0.127. The summed E-state index contributed by atoms with van der Waals surface area (Å²) >= 11 is 0. The minimum Gasteiger partial charge on any atom is -0.493 e. The first-order valence-electron chi connectivity index (χ1n) is 11.3. The Morgan fingerprint density at radius 1 is 1.00 bits per heavy atom. The molecule has 6 nitrogen and oxygen atoms in total. The number of ketones is 1. The van der Waals surface area contributed by atoms with E-state index in [0.717, 1.165) is 36.3 Å². The monoisotopic (exact) mass is 440 g/mol. The van der Waals surface area contributed by atoms with E-state index >= 15 is 0 Å². The number of amides is 1. The summed E-state index contributed by atoms with van der Waals surface area (Å²) in [4.78, 5) is 27.0. The Balaban J connectivity index is 2.02. The van der Waals surface area contributed by atoms with Crippen molar-refractivity contribution >= 4 is 11.7 Å². The first-order valence-corrected chi connectivity index (χ1v) is 11.3. The van der Waals surface area contributed by atoms with E-state index in [9.17, 15) is 9.59 Å². The molecule has 0 spiro atoms. The standard InChI is InChI=1S/C26H36N2O4/c1-5-14-28(18-22-12-13-24(32-15-6-2)25(17-22)31-4)19-26(30)27-23(20(3)29)16-21-10-8-7-9-11-21/h7-13,17,23H,5-6,14-16,18-19H2,1-4H3,(H,27,30). The molecule has 1 amide bonds. The third-order valence-electron chi connectivity index (χ3n) is 5.11. The lowest BCUT2D eigenvalue weighted by atomic mass is 10.0. The van der Waals surface area contributed by atoms with Crippen LogP contribution in [0.4, 0.5) is 0 Å². The van der Waals surface area contributed by atoms with Crippen molar-refractivity contribution in [3.05, 3.63) is 59.7 Å². The zero-order valence-corrected chi connectivity index (χ0v) is 19.7. The minimum atomic E-state index is -0.525. The van der Waals surface area contributed by atoms with Gasteiger partial charge in [0.1, 0.15) is 0 Å². The number of methoxy groups -OCH3 is 1. The highest BCUT2D eigenvalue weighted by Crippen LogP contribution is 2.28. The Bertz CT molecular complexity index is 854. The molecule has 6 heteroatoms. The lowest BCUT2D eigenvalue weighted by Gasteiger charge is -2.23. The number of ether oxygens (including phenoxy) is 2. The molecule has 0 saturated carbocycles. The van der Waals surface area contributed by atoms with Crippen LogP contribution in [-0.4, -0.2) is 49.4 Å². The molecule has 0 bridgehead atoms. The van der Waals surface area contributed by atoms with Gasteiger partial charge in [-0.15, -0.1) is 0 Å². The topological polar surface area (TPSA) is 67.9 Å². The van der Waals surface area contributed by atoms with E-state index in [1.165, 1.54) is 6.92 Å². The highest BCUT2D eigenvalue weighted by molar-refractivity contribution is 5.88. The molecule has 1 atom stereocenters. The number of carbonyl (C=O) groups is 2. The second-order valence-electron chi connectivity index (χ2n) is 7.96. The van der Waals surface area contributed by atoms with Gasteiger partial charge < -0.3 is 14.8 Å². The van der Waals surface area contributed by atoms with Crippen LogP contribution in [0.25, 0.3) is 0 Å². The van der Waals surface area contributed by atoms with Crippen LogP contribution in [0.5, 0.6) is 11.5 Å². The van der Waals surface area contributed by atoms with Gasteiger partial charge in [0.15, 0.2) is 17.3 Å². The summed E-state index contributed by atoms with van der Waals surface area (Å²) < 4.78 is 11.2. The Kier molecular flexibility index (Phi) is 10.7. The highest BCUT2D eigenvalue weighted by Gasteiger charge is 2.19. The van der Waals surface area contributed by atoms with Crippen LogP contribution in [-0.2, 0) is 22.6 Å². The molecule has 2 rings (SSSR count). The normalized spacial score (nSPS) is 11.8. The first-order chi connectivity index (χ1) is 15.5. The van der Waals surface area contributed by atoms with Crippen LogP contribution < -0.4 is 14.8 Å². The molecule has 1 N–H and O–H groups in total. The summed E-state index contributed by atoms with van der Waals surface area (Å²) in [5.74, 6) is 1.22. The predicted molar refractivity (Wildman–Crippen MR) is 127 cm³/mol.